The first-order valence-electron chi connectivity index (χ1n) is 5.37. The zero-order chi connectivity index (χ0) is 12.1. The summed E-state index contributed by atoms with van der Waals surface area (Å²) in [6, 6.07) is 0. The van der Waals surface area contributed by atoms with Gasteiger partial charge in [0.05, 0.1) is 12.0 Å². The van der Waals surface area contributed by atoms with Crippen LogP contribution in [-0.2, 0) is 6.54 Å². The maximum atomic E-state index is 11.9. The van der Waals surface area contributed by atoms with Gasteiger partial charge in [0, 0.05) is 11.9 Å². The number of nitrogens with zero attached hydrogens (tertiary/aromatic N) is 2. The summed E-state index contributed by atoms with van der Waals surface area (Å²) in [6.07, 6.45) is 3.88. The summed E-state index contributed by atoms with van der Waals surface area (Å²) in [4.78, 5) is 16.1. The van der Waals surface area contributed by atoms with E-state index in [9.17, 15) is 4.79 Å². The smallest absolute Gasteiger partial charge is 0.267 e. The Kier molecular flexibility index (Phi) is 5.69. The maximum absolute atomic E-state index is 11.9. The van der Waals surface area contributed by atoms with Gasteiger partial charge in [-0.2, -0.15) is 0 Å². The van der Waals surface area contributed by atoms with E-state index >= 15 is 0 Å². The van der Waals surface area contributed by atoms with Crippen molar-refractivity contribution in [2.45, 2.75) is 33.2 Å². The predicted octanol–water partition coefficient (Wildman–Crippen LogP) is 3.13. The highest BCUT2D eigenvalue weighted by molar-refractivity contribution is 9.10. The van der Waals surface area contributed by atoms with Gasteiger partial charge in [0.25, 0.3) is 5.56 Å². The van der Waals surface area contributed by atoms with Gasteiger partial charge in [-0.05, 0) is 35.2 Å². The molecule has 3 nitrogen and oxygen atoms in total. The van der Waals surface area contributed by atoms with Gasteiger partial charge in [-0.25, -0.2) is 4.98 Å². The quantitative estimate of drug-likeness (QED) is 0.764. The first-order valence-corrected chi connectivity index (χ1v) is 7.29. The largest absolute Gasteiger partial charge is 0.298 e. The lowest BCUT2D eigenvalue weighted by atomic mass is 10.1. The third-order valence-electron chi connectivity index (χ3n) is 2.53. The molecule has 90 valence electrons. The van der Waals surface area contributed by atoms with Crippen LogP contribution in [-0.4, -0.2) is 14.9 Å². The van der Waals surface area contributed by atoms with E-state index in [-0.39, 0.29) is 5.56 Å². The number of hydrogen-bond donors (Lipinski definition) is 0. The molecule has 1 rings (SSSR count). The summed E-state index contributed by atoms with van der Waals surface area (Å²) in [7, 11) is 0. The molecule has 0 amide bonds. The van der Waals surface area contributed by atoms with E-state index in [0.29, 0.717) is 10.4 Å². The Balaban J connectivity index is 2.89. The molecular weight excluding hydrogens is 336 g/mol. The van der Waals surface area contributed by atoms with Crippen molar-refractivity contribution in [1.82, 2.24) is 9.55 Å². The third-order valence-corrected chi connectivity index (χ3v) is 4.36. The zero-order valence-electron chi connectivity index (χ0n) is 9.54. The van der Waals surface area contributed by atoms with E-state index < -0.39 is 0 Å². The molecule has 0 aliphatic carbocycles. The molecule has 1 atom stereocenters. The van der Waals surface area contributed by atoms with Gasteiger partial charge in [0.1, 0.15) is 4.47 Å². The first-order chi connectivity index (χ1) is 7.60. The molecule has 0 radical (unpaired) electrons. The molecule has 0 aromatic carbocycles. The molecule has 0 spiro atoms. The monoisotopic (exact) mass is 350 g/mol. The Hall–Kier alpha value is -0.160. The Morgan fingerprint density at radius 1 is 1.56 bits per heavy atom. The summed E-state index contributed by atoms with van der Waals surface area (Å²) < 4.78 is 2.25. The van der Waals surface area contributed by atoms with Crippen molar-refractivity contribution in [3.63, 3.8) is 0 Å². The Labute approximate surface area is 113 Å². The lowest BCUT2D eigenvalue weighted by molar-refractivity contribution is 0.442. The van der Waals surface area contributed by atoms with Gasteiger partial charge in [-0.3, -0.25) is 9.36 Å². The van der Waals surface area contributed by atoms with Crippen molar-refractivity contribution >= 4 is 31.9 Å². The fourth-order valence-corrected chi connectivity index (χ4v) is 2.44. The number of alkyl halides is 1. The molecule has 1 aromatic rings. The highest BCUT2D eigenvalue weighted by Gasteiger charge is 2.10. The Morgan fingerprint density at radius 3 is 2.81 bits per heavy atom. The number of aromatic nitrogens is 2. The van der Waals surface area contributed by atoms with Crippen LogP contribution in [0.15, 0.2) is 15.6 Å². The molecule has 1 aromatic heterocycles. The molecule has 5 heteroatoms. The molecule has 0 saturated heterocycles. The second kappa shape index (κ2) is 6.55. The molecule has 0 N–H and O–H groups in total. The number of halogens is 2. The van der Waals surface area contributed by atoms with Crippen molar-refractivity contribution in [3.8, 4) is 0 Å². The van der Waals surface area contributed by atoms with Gasteiger partial charge in [-0.1, -0.05) is 29.3 Å². The summed E-state index contributed by atoms with van der Waals surface area (Å²) in [5, 5.41) is 0.915. The molecule has 0 bridgehead atoms. The summed E-state index contributed by atoms with van der Waals surface area (Å²) in [6.45, 7) is 4.70. The SMILES string of the molecule is CCCC(CBr)Cn1cnc(C)c(Br)c1=O. The highest BCUT2D eigenvalue weighted by Crippen LogP contribution is 2.13. The molecule has 0 aliphatic rings. The zero-order valence-corrected chi connectivity index (χ0v) is 12.7. The van der Waals surface area contributed by atoms with Gasteiger partial charge in [0.2, 0.25) is 0 Å². The number of rotatable bonds is 5. The average Bonchev–Trinajstić information content (AvgIpc) is 2.29. The van der Waals surface area contributed by atoms with Gasteiger partial charge in [0.15, 0.2) is 0 Å². The van der Waals surface area contributed by atoms with E-state index in [0.717, 1.165) is 30.4 Å². The predicted molar refractivity (Wildman–Crippen MR) is 73.1 cm³/mol. The number of hydrogen-bond acceptors (Lipinski definition) is 2. The van der Waals surface area contributed by atoms with Crippen LogP contribution in [0.4, 0.5) is 0 Å². The lowest BCUT2D eigenvalue weighted by Crippen LogP contribution is -2.26. The second-order valence-electron chi connectivity index (χ2n) is 3.91. The molecular formula is C11H16Br2N2O. The van der Waals surface area contributed by atoms with Crippen LogP contribution in [0, 0.1) is 12.8 Å². The van der Waals surface area contributed by atoms with Crippen molar-refractivity contribution in [2.75, 3.05) is 5.33 Å². The fourth-order valence-electron chi connectivity index (χ4n) is 1.58. The normalized spacial score (nSPS) is 12.8. The summed E-state index contributed by atoms with van der Waals surface area (Å²) in [5.41, 5.74) is 0.752. The van der Waals surface area contributed by atoms with Crippen LogP contribution in [0.1, 0.15) is 25.5 Å². The molecule has 1 unspecified atom stereocenters. The Morgan fingerprint density at radius 2 is 2.25 bits per heavy atom. The molecule has 0 saturated carbocycles. The third kappa shape index (κ3) is 3.42. The van der Waals surface area contributed by atoms with E-state index in [4.69, 9.17) is 0 Å². The van der Waals surface area contributed by atoms with E-state index in [1.54, 1.807) is 10.9 Å². The van der Waals surface area contributed by atoms with Gasteiger partial charge in [-0.15, -0.1) is 0 Å². The van der Waals surface area contributed by atoms with Crippen LogP contribution in [0.5, 0.6) is 0 Å². The van der Waals surface area contributed by atoms with Gasteiger partial charge < -0.3 is 0 Å². The van der Waals surface area contributed by atoms with E-state index in [1.807, 2.05) is 6.92 Å². The van der Waals surface area contributed by atoms with Crippen molar-refractivity contribution < 1.29 is 0 Å². The minimum atomic E-state index is 0.00885. The standard InChI is InChI=1S/C11H16Br2N2O/c1-3-4-9(5-12)6-15-7-14-8(2)10(13)11(15)16/h7,9H,3-6H2,1-2H3. The summed E-state index contributed by atoms with van der Waals surface area (Å²) >= 11 is 6.76. The topological polar surface area (TPSA) is 34.9 Å². The van der Waals surface area contributed by atoms with Crippen LogP contribution in [0.3, 0.4) is 0 Å². The maximum Gasteiger partial charge on any atom is 0.267 e. The minimum Gasteiger partial charge on any atom is -0.298 e. The van der Waals surface area contributed by atoms with Crippen molar-refractivity contribution in [1.29, 1.82) is 0 Å². The average molecular weight is 352 g/mol. The molecule has 1 heterocycles. The first kappa shape index (κ1) is 13.9. The molecule has 0 aliphatic heterocycles. The van der Waals surface area contributed by atoms with Crippen molar-refractivity contribution in [3.05, 3.63) is 26.8 Å². The fraction of sp³-hybridized carbons (Fsp3) is 0.636. The number of aryl methyl sites for hydroxylation is 1. The minimum absolute atomic E-state index is 0.00885. The molecule has 16 heavy (non-hydrogen) atoms. The van der Waals surface area contributed by atoms with Crippen LogP contribution in [0.2, 0.25) is 0 Å². The van der Waals surface area contributed by atoms with Crippen LogP contribution in [0.25, 0.3) is 0 Å². The van der Waals surface area contributed by atoms with E-state index in [2.05, 4.69) is 43.8 Å². The second-order valence-corrected chi connectivity index (χ2v) is 5.35. The highest BCUT2D eigenvalue weighted by atomic mass is 79.9. The van der Waals surface area contributed by atoms with Crippen LogP contribution >= 0.6 is 31.9 Å². The van der Waals surface area contributed by atoms with Crippen LogP contribution < -0.4 is 5.56 Å². The van der Waals surface area contributed by atoms with Gasteiger partial charge >= 0.3 is 0 Å². The lowest BCUT2D eigenvalue weighted by Gasteiger charge is -2.14. The van der Waals surface area contributed by atoms with E-state index in [1.165, 1.54) is 0 Å². The van der Waals surface area contributed by atoms with Crippen molar-refractivity contribution in [2.24, 2.45) is 5.92 Å². The molecule has 0 fully saturated rings. The summed E-state index contributed by atoms with van der Waals surface area (Å²) in [5.74, 6) is 0.485. The Bertz CT molecular complexity index is 403.